The van der Waals surface area contributed by atoms with Gasteiger partial charge < -0.3 is 15.5 Å². The Balaban J connectivity index is 2.80. The third-order valence-corrected chi connectivity index (χ3v) is 3.23. The van der Waals surface area contributed by atoms with E-state index >= 15 is 0 Å². The highest BCUT2D eigenvalue weighted by molar-refractivity contribution is 9.10. The molecule has 0 saturated heterocycles. The molecule has 6 nitrogen and oxygen atoms in total. The minimum absolute atomic E-state index is 0.122. The van der Waals surface area contributed by atoms with Crippen molar-refractivity contribution in [2.45, 2.75) is 18.9 Å². The molecule has 0 fully saturated rings. The topological polar surface area (TPSA) is 104 Å². The van der Waals surface area contributed by atoms with E-state index in [9.17, 15) is 14.4 Å². The van der Waals surface area contributed by atoms with Crippen LogP contribution in [0.2, 0.25) is 5.02 Å². The Morgan fingerprint density at radius 3 is 2.45 bits per heavy atom. The summed E-state index contributed by atoms with van der Waals surface area (Å²) < 4.78 is 0.680. The van der Waals surface area contributed by atoms with Crippen molar-refractivity contribution < 1.29 is 24.6 Å². The number of nitrogens with one attached hydrogen (secondary N) is 1. The van der Waals surface area contributed by atoms with Gasteiger partial charge in [-0.05, 0) is 24.6 Å². The van der Waals surface area contributed by atoms with E-state index in [1.807, 2.05) is 0 Å². The number of carbonyl (C=O) groups excluding carboxylic acids is 1. The number of hydrogen-bond donors (Lipinski definition) is 3. The lowest BCUT2D eigenvalue weighted by Crippen LogP contribution is -2.41. The molecule has 108 valence electrons. The van der Waals surface area contributed by atoms with Gasteiger partial charge in [-0.15, -0.1) is 0 Å². The van der Waals surface area contributed by atoms with E-state index < -0.39 is 23.9 Å². The molecule has 0 aromatic heterocycles. The fraction of sp³-hybridized carbons (Fsp3) is 0.250. The van der Waals surface area contributed by atoms with Gasteiger partial charge in [-0.2, -0.15) is 0 Å². The van der Waals surface area contributed by atoms with Crippen LogP contribution in [-0.2, 0) is 9.59 Å². The zero-order chi connectivity index (χ0) is 15.3. The normalized spacial score (nSPS) is 11.7. The van der Waals surface area contributed by atoms with Gasteiger partial charge in [0.1, 0.15) is 6.04 Å². The van der Waals surface area contributed by atoms with E-state index in [1.165, 1.54) is 12.1 Å². The summed E-state index contributed by atoms with van der Waals surface area (Å²) in [6, 6.07) is 3.26. The molecule has 3 N–H and O–H groups in total. The standard InChI is InChI=1S/C12H11BrClNO5/c13-6-1-2-7(8(14)5-6)11(18)15-9(12(19)20)3-4-10(16)17/h1-2,5,9H,3-4H2,(H,15,18)(H,16,17)(H,19,20)/t9-/m0/s1. The summed E-state index contributed by atoms with van der Waals surface area (Å²) in [7, 11) is 0. The summed E-state index contributed by atoms with van der Waals surface area (Å²) in [6.45, 7) is 0. The molecule has 0 aliphatic rings. The van der Waals surface area contributed by atoms with Crippen molar-refractivity contribution in [3.05, 3.63) is 33.3 Å². The highest BCUT2D eigenvalue weighted by Crippen LogP contribution is 2.21. The number of aliphatic carboxylic acids is 2. The van der Waals surface area contributed by atoms with Crippen LogP contribution in [0.3, 0.4) is 0 Å². The summed E-state index contributed by atoms with van der Waals surface area (Å²) in [6.07, 6.45) is -0.560. The van der Waals surface area contributed by atoms with Crippen molar-refractivity contribution in [1.29, 1.82) is 0 Å². The molecule has 8 heteroatoms. The number of carboxylic acid groups (broad SMARTS) is 2. The lowest BCUT2D eigenvalue weighted by Gasteiger charge is -2.14. The summed E-state index contributed by atoms with van der Waals surface area (Å²) in [5.41, 5.74) is 0.122. The predicted molar refractivity (Wildman–Crippen MR) is 74.9 cm³/mol. The Bertz CT molecular complexity index is 549. The molecule has 0 unspecified atom stereocenters. The maximum Gasteiger partial charge on any atom is 0.326 e. The smallest absolute Gasteiger partial charge is 0.326 e. The average Bonchev–Trinajstić information content (AvgIpc) is 2.33. The van der Waals surface area contributed by atoms with E-state index in [0.717, 1.165) is 0 Å². The maximum atomic E-state index is 11.9. The predicted octanol–water partition coefficient (Wildman–Crippen LogP) is 2.15. The first kappa shape index (κ1) is 16.5. The Labute approximate surface area is 127 Å². The van der Waals surface area contributed by atoms with Crippen LogP contribution >= 0.6 is 27.5 Å². The van der Waals surface area contributed by atoms with E-state index in [-0.39, 0.29) is 23.4 Å². The summed E-state index contributed by atoms with van der Waals surface area (Å²) in [5, 5.41) is 19.9. The van der Waals surface area contributed by atoms with E-state index in [2.05, 4.69) is 21.2 Å². The van der Waals surface area contributed by atoms with Crippen LogP contribution in [0.4, 0.5) is 0 Å². The second-order valence-corrected chi connectivity index (χ2v) is 5.24. The van der Waals surface area contributed by atoms with Crippen LogP contribution in [0.1, 0.15) is 23.2 Å². The zero-order valence-electron chi connectivity index (χ0n) is 10.1. The summed E-state index contributed by atoms with van der Waals surface area (Å²) in [5.74, 6) is -3.10. The first-order chi connectivity index (χ1) is 9.31. The Morgan fingerprint density at radius 1 is 1.30 bits per heavy atom. The molecular weight excluding hydrogens is 353 g/mol. The maximum absolute atomic E-state index is 11.9. The quantitative estimate of drug-likeness (QED) is 0.717. The third kappa shape index (κ3) is 4.82. The molecule has 1 aromatic rings. The van der Waals surface area contributed by atoms with Gasteiger partial charge in [0.15, 0.2) is 0 Å². The molecule has 0 spiro atoms. The van der Waals surface area contributed by atoms with Crippen LogP contribution in [0, 0.1) is 0 Å². The summed E-state index contributed by atoms with van der Waals surface area (Å²) in [4.78, 5) is 33.3. The SMILES string of the molecule is O=C(O)CC[C@H](NC(=O)c1ccc(Br)cc1Cl)C(=O)O. The van der Waals surface area contributed by atoms with Gasteiger partial charge in [-0.1, -0.05) is 27.5 Å². The van der Waals surface area contributed by atoms with E-state index in [1.54, 1.807) is 6.07 Å². The monoisotopic (exact) mass is 363 g/mol. The Kier molecular flexibility index (Phi) is 5.97. The second-order valence-electron chi connectivity index (χ2n) is 3.92. The molecule has 0 aliphatic heterocycles. The van der Waals surface area contributed by atoms with Crippen LogP contribution < -0.4 is 5.32 Å². The first-order valence-corrected chi connectivity index (χ1v) is 6.69. The molecule has 0 bridgehead atoms. The van der Waals surface area contributed by atoms with Gasteiger partial charge in [-0.25, -0.2) is 4.79 Å². The number of benzene rings is 1. The molecule has 0 saturated carbocycles. The number of hydrogen-bond acceptors (Lipinski definition) is 3. The van der Waals surface area contributed by atoms with Crippen LogP contribution in [-0.4, -0.2) is 34.1 Å². The largest absolute Gasteiger partial charge is 0.481 e. The first-order valence-electron chi connectivity index (χ1n) is 5.51. The van der Waals surface area contributed by atoms with Gasteiger partial charge in [0.05, 0.1) is 10.6 Å². The van der Waals surface area contributed by atoms with Gasteiger partial charge in [0.25, 0.3) is 5.91 Å². The van der Waals surface area contributed by atoms with Crippen molar-refractivity contribution in [3.8, 4) is 0 Å². The Hall–Kier alpha value is -1.60. The minimum Gasteiger partial charge on any atom is -0.481 e. The molecule has 1 atom stereocenters. The molecule has 0 heterocycles. The number of carbonyl (C=O) groups is 3. The number of amides is 1. The lowest BCUT2D eigenvalue weighted by molar-refractivity contribution is -0.140. The fourth-order valence-electron chi connectivity index (χ4n) is 1.43. The molecule has 0 radical (unpaired) electrons. The third-order valence-electron chi connectivity index (χ3n) is 2.43. The number of halogens is 2. The van der Waals surface area contributed by atoms with Crippen LogP contribution in [0.15, 0.2) is 22.7 Å². The second kappa shape index (κ2) is 7.25. The number of carboxylic acids is 2. The molecule has 1 amide bonds. The van der Waals surface area contributed by atoms with Gasteiger partial charge in [-0.3, -0.25) is 9.59 Å². The van der Waals surface area contributed by atoms with Crippen molar-refractivity contribution in [2.75, 3.05) is 0 Å². The van der Waals surface area contributed by atoms with Crippen molar-refractivity contribution in [3.63, 3.8) is 0 Å². The van der Waals surface area contributed by atoms with Crippen molar-refractivity contribution in [1.82, 2.24) is 5.32 Å². The van der Waals surface area contributed by atoms with E-state index in [0.29, 0.717) is 4.47 Å². The average molecular weight is 365 g/mol. The van der Waals surface area contributed by atoms with Crippen LogP contribution in [0.5, 0.6) is 0 Å². The zero-order valence-corrected chi connectivity index (χ0v) is 12.4. The van der Waals surface area contributed by atoms with Crippen molar-refractivity contribution in [2.24, 2.45) is 0 Å². The molecule has 1 aromatic carbocycles. The van der Waals surface area contributed by atoms with Gasteiger partial charge >= 0.3 is 11.9 Å². The Morgan fingerprint density at radius 2 is 1.95 bits per heavy atom. The van der Waals surface area contributed by atoms with Gasteiger partial charge in [0, 0.05) is 10.9 Å². The minimum atomic E-state index is -1.30. The van der Waals surface area contributed by atoms with Crippen molar-refractivity contribution >= 4 is 45.4 Å². The van der Waals surface area contributed by atoms with Crippen LogP contribution in [0.25, 0.3) is 0 Å². The fourth-order valence-corrected chi connectivity index (χ4v) is 2.19. The highest BCUT2D eigenvalue weighted by atomic mass is 79.9. The molecule has 0 aliphatic carbocycles. The lowest BCUT2D eigenvalue weighted by atomic mass is 10.1. The molecular formula is C12H11BrClNO5. The summed E-state index contributed by atoms with van der Waals surface area (Å²) >= 11 is 9.07. The highest BCUT2D eigenvalue weighted by Gasteiger charge is 2.22. The van der Waals surface area contributed by atoms with E-state index in [4.69, 9.17) is 21.8 Å². The van der Waals surface area contributed by atoms with Gasteiger partial charge in [0.2, 0.25) is 0 Å². The molecule has 1 rings (SSSR count). The number of rotatable bonds is 6. The molecule has 20 heavy (non-hydrogen) atoms.